The van der Waals surface area contributed by atoms with Crippen molar-refractivity contribution >= 4 is 28.4 Å². The number of para-hydroxylation sites is 1. The lowest BCUT2D eigenvalue weighted by Crippen LogP contribution is -2.48. The van der Waals surface area contributed by atoms with Crippen LogP contribution in [-0.4, -0.2) is 16.9 Å². The maximum absolute atomic E-state index is 13.3. The van der Waals surface area contributed by atoms with Crippen LogP contribution in [0, 0.1) is 0 Å². The lowest BCUT2D eigenvalue weighted by Gasteiger charge is -2.28. The van der Waals surface area contributed by atoms with Gasteiger partial charge in [-0.3, -0.25) is 15.6 Å². The fourth-order valence-electron chi connectivity index (χ4n) is 3.64. The highest BCUT2D eigenvalue weighted by atomic mass is 16.3. The highest BCUT2D eigenvalue weighted by Gasteiger charge is 2.40. The zero-order chi connectivity index (χ0) is 21.8. The second-order valence-corrected chi connectivity index (χ2v) is 7.16. The van der Waals surface area contributed by atoms with E-state index < -0.39 is 11.5 Å². The van der Waals surface area contributed by atoms with Crippen LogP contribution in [0.1, 0.15) is 22.8 Å². The number of hydrazine groups is 1. The first-order valence-electron chi connectivity index (χ1n) is 9.86. The van der Waals surface area contributed by atoms with Gasteiger partial charge in [-0.05, 0) is 29.3 Å². The van der Waals surface area contributed by atoms with Crippen molar-refractivity contribution in [3.8, 4) is 0 Å². The summed E-state index contributed by atoms with van der Waals surface area (Å²) in [5.41, 5.74) is 5.66. The Kier molecular flexibility index (Phi) is 5.47. The highest BCUT2D eigenvalue weighted by Crippen LogP contribution is 2.30. The number of rotatable bonds is 5. The Hall–Kier alpha value is -4.03. The van der Waals surface area contributed by atoms with Crippen molar-refractivity contribution in [2.45, 2.75) is 12.5 Å². The van der Waals surface area contributed by atoms with Gasteiger partial charge in [0.1, 0.15) is 5.69 Å². The molecule has 0 aliphatic rings. The minimum absolute atomic E-state index is 0.156. The van der Waals surface area contributed by atoms with Crippen molar-refractivity contribution in [1.82, 2.24) is 5.43 Å². The largest absolute Gasteiger partial charge is 0.389 e. The van der Waals surface area contributed by atoms with Crippen LogP contribution in [0.15, 0.2) is 97.2 Å². The normalized spacial score (nSPS) is 11.2. The quantitative estimate of drug-likeness (QED) is 0.347. The third kappa shape index (κ3) is 3.76. The molecule has 3 aromatic carbocycles. The Morgan fingerprint density at radius 2 is 1.39 bits per heavy atom. The highest BCUT2D eigenvalue weighted by molar-refractivity contribution is 5.94. The van der Waals surface area contributed by atoms with Gasteiger partial charge in [0.2, 0.25) is 5.52 Å². The Morgan fingerprint density at radius 1 is 0.806 bits per heavy atom. The van der Waals surface area contributed by atoms with Crippen LogP contribution in [0.2, 0.25) is 0 Å². The second kappa shape index (κ2) is 8.38. The first kappa shape index (κ1) is 20.3. The summed E-state index contributed by atoms with van der Waals surface area (Å²) < 4.78 is 1.50. The van der Waals surface area contributed by atoms with Gasteiger partial charge in [0.25, 0.3) is 5.91 Å². The molecular weight excluding hydrogens is 390 g/mol. The first-order chi connectivity index (χ1) is 15.0. The van der Waals surface area contributed by atoms with Gasteiger partial charge in [-0.25, -0.2) is 4.79 Å². The zero-order valence-electron chi connectivity index (χ0n) is 16.9. The predicted octanol–water partition coefficient (Wildman–Crippen LogP) is 3.17. The molecule has 0 bridgehead atoms. The summed E-state index contributed by atoms with van der Waals surface area (Å²) >= 11 is 0. The molecule has 6 nitrogen and oxygen atoms in total. The van der Waals surface area contributed by atoms with E-state index in [1.54, 1.807) is 66.9 Å². The number of hydrogen-bond acceptors (Lipinski definition) is 4. The van der Waals surface area contributed by atoms with E-state index in [0.717, 1.165) is 5.39 Å². The average Bonchev–Trinajstić information content (AvgIpc) is 2.82. The third-order valence-corrected chi connectivity index (χ3v) is 5.18. The van der Waals surface area contributed by atoms with E-state index in [-0.39, 0.29) is 5.91 Å². The predicted molar refractivity (Wildman–Crippen MR) is 118 cm³/mol. The van der Waals surface area contributed by atoms with Gasteiger partial charge in [0.05, 0.1) is 6.92 Å². The minimum atomic E-state index is -1.91. The summed E-state index contributed by atoms with van der Waals surface area (Å²) in [4.78, 5) is 25.4. The van der Waals surface area contributed by atoms with Crippen LogP contribution in [-0.2, 0) is 10.4 Å². The number of aliphatic hydroxyl groups is 1. The van der Waals surface area contributed by atoms with Crippen LogP contribution in [0.5, 0.6) is 0 Å². The lowest BCUT2D eigenvalue weighted by atomic mass is 9.85. The van der Waals surface area contributed by atoms with E-state index in [1.165, 1.54) is 11.5 Å². The summed E-state index contributed by atoms with van der Waals surface area (Å²) in [5, 5.41) is 12.4. The van der Waals surface area contributed by atoms with Gasteiger partial charge in [-0.15, -0.1) is 4.57 Å². The Labute approximate surface area is 179 Å². The number of amides is 1. The number of anilines is 1. The molecule has 0 aliphatic carbocycles. The summed E-state index contributed by atoms with van der Waals surface area (Å²) in [5.74, 6) is -0.802. The van der Waals surface area contributed by atoms with Gasteiger partial charge in [0.15, 0.2) is 11.8 Å². The number of nitrogens with zero attached hydrogens (tertiary/aromatic N) is 1. The number of benzene rings is 3. The van der Waals surface area contributed by atoms with E-state index in [4.69, 9.17) is 0 Å². The third-order valence-electron chi connectivity index (χ3n) is 5.18. The number of hydrogen-bond donors (Lipinski definition) is 3. The van der Waals surface area contributed by atoms with Crippen LogP contribution in [0.4, 0.5) is 5.69 Å². The molecule has 0 saturated heterocycles. The maximum atomic E-state index is 13.3. The molecule has 0 atom stereocenters. The Bertz CT molecular complexity index is 1200. The molecular formula is C25H22N3O3+. The van der Waals surface area contributed by atoms with E-state index in [1.807, 2.05) is 30.3 Å². The molecule has 4 rings (SSSR count). The van der Waals surface area contributed by atoms with E-state index in [2.05, 4.69) is 10.9 Å². The Morgan fingerprint density at radius 3 is 1.97 bits per heavy atom. The molecule has 154 valence electrons. The smallest absolute Gasteiger partial charge is 0.372 e. The van der Waals surface area contributed by atoms with Gasteiger partial charge in [0, 0.05) is 11.5 Å². The van der Waals surface area contributed by atoms with Crippen LogP contribution in [0.3, 0.4) is 0 Å². The van der Waals surface area contributed by atoms with E-state index in [0.29, 0.717) is 22.3 Å². The number of fused-ring (bicyclic) bond motifs is 1. The van der Waals surface area contributed by atoms with Crippen molar-refractivity contribution in [2.75, 3.05) is 5.43 Å². The molecule has 3 N–H and O–H groups in total. The maximum Gasteiger partial charge on any atom is 0.389 e. The fraction of sp³-hybridized carbons (Fsp3) is 0.0800. The van der Waals surface area contributed by atoms with Gasteiger partial charge in [-0.1, -0.05) is 66.7 Å². The number of carbonyl (C=O) groups excluding carboxylic acids is 2. The van der Waals surface area contributed by atoms with E-state index in [9.17, 15) is 14.7 Å². The molecule has 4 aromatic rings. The molecule has 0 unspecified atom stereocenters. The number of nitrogens with one attached hydrogen (secondary N) is 2. The molecule has 6 heteroatoms. The van der Waals surface area contributed by atoms with Crippen LogP contribution < -0.4 is 15.4 Å². The first-order valence-corrected chi connectivity index (χ1v) is 9.86. The topological polar surface area (TPSA) is 82.3 Å². The zero-order valence-corrected chi connectivity index (χ0v) is 16.9. The molecule has 0 saturated carbocycles. The summed E-state index contributed by atoms with van der Waals surface area (Å²) in [6.07, 6.45) is 1.67. The van der Waals surface area contributed by atoms with Crippen molar-refractivity contribution in [2.24, 2.45) is 0 Å². The SMILES string of the molecule is CC(=O)[n+]1cccc2cccc(NNC(=O)C(O)(c3ccccc3)c3ccccc3)c21. The van der Waals surface area contributed by atoms with E-state index >= 15 is 0 Å². The Balaban J connectivity index is 1.71. The number of carbonyl (C=O) groups is 2. The van der Waals surface area contributed by atoms with Crippen molar-refractivity contribution < 1.29 is 19.3 Å². The molecule has 0 aliphatic heterocycles. The monoisotopic (exact) mass is 412 g/mol. The van der Waals surface area contributed by atoms with Gasteiger partial charge in [-0.2, -0.15) is 0 Å². The fourth-order valence-corrected chi connectivity index (χ4v) is 3.64. The second-order valence-electron chi connectivity index (χ2n) is 7.16. The standard InChI is InChI=1S/C25H21N3O3/c1-18(29)28-17-9-11-19-10-8-16-22(23(19)28)26-27-24(30)25(31,20-12-4-2-5-13-20)21-14-6-3-7-15-21/h2-17,26,31H,1H3/p+1. The van der Waals surface area contributed by atoms with Crippen LogP contribution >= 0.6 is 0 Å². The van der Waals surface area contributed by atoms with Gasteiger partial charge >= 0.3 is 5.91 Å². The minimum Gasteiger partial charge on any atom is -0.372 e. The molecule has 1 aromatic heterocycles. The molecule has 0 radical (unpaired) electrons. The van der Waals surface area contributed by atoms with Crippen LogP contribution in [0.25, 0.3) is 10.9 Å². The van der Waals surface area contributed by atoms with Crippen molar-refractivity contribution in [3.05, 3.63) is 108 Å². The average molecular weight is 412 g/mol. The van der Waals surface area contributed by atoms with Gasteiger partial charge < -0.3 is 5.11 Å². The lowest BCUT2D eigenvalue weighted by molar-refractivity contribution is -0.544. The summed E-state index contributed by atoms with van der Waals surface area (Å²) in [6.45, 7) is 1.47. The molecule has 1 amide bonds. The summed E-state index contributed by atoms with van der Waals surface area (Å²) in [6, 6.07) is 26.7. The van der Waals surface area contributed by atoms with Crippen molar-refractivity contribution in [3.63, 3.8) is 0 Å². The molecule has 1 heterocycles. The summed E-state index contributed by atoms with van der Waals surface area (Å²) in [7, 11) is 0. The number of aromatic nitrogens is 1. The number of pyridine rings is 1. The molecule has 0 fully saturated rings. The molecule has 0 spiro atoms. The molecule has 31 heavy (non-hydrogen) atoms. The van der Waals surface area contributed by atoms with Crippen molar-refractivity contribution in [1.29, 1.82) is 0 Å².